The summed E-state index contributed by atoms with van der Waals surface area (Å²) in [7, 11) is -3.79. The molecule has 2 heterocycles. The number of hydrogen-bond donors (Lipinski definition) is 2. The van der Waals surface area contributed by atoms with Crippen LogP contribution in [-0.2, 0) is 10.0 Å². The lowest BCUT2D eigenvalue weighted by Gasteiger charge is -2.20. The lowest BCUT2D eigenvalue weighted by Crippen LogP contribution is -2.25. The van der Waals surface area contributed by atoms with Crippen LogP contribution in [0.3, 0.4) is 0 Å². The maximum atomic E-state index is 12.4. The highest BCUT2D eigenvalue weighted by Gasteiger charge is 2.13. The fourth-order valence-corrected chi connectivity index (χ4v) is 4.19. The summed E-state index contributed by atoms with van der Waals surface area (Å²) in [5.74, 6) is 0.563. The Hall–Kier alpha value is -3.30. The molecule has 3 aromatic rings. The van der Waals surface area contributed by atoms with Crippen LogP contribution in [0.15, 0.2) is 65.6 Å². The highest BCUT2D eigenvalue weighted by molar-refractivity contribution is 7.89. The van der Waals surface area contributed by atoms with Crippen LogP contribution < -0.4 is 15.4 Å². The van der Waals surface area contributed by atoms with E-state index in [0.717, 1.165) is 30.2 Å². The van der Waals surface area contributed by atoms with E-state index in [0.29, 0.717) is 11.3 Å². The van der Waals surface area contributed by atoms with E-state index in [-0.39, 0.29) is 10.8 Å². The Balaban J connectivity index is 1.41. The third-order valence-corrected chi connectivity index (χ3v) is 6.39. The molecule has 1 aliphatic heterocycles. The van der Waals surface area contributed by atoms with Crippen molar-refractivity contribution in [2.75, 3.05) is 23.3 Å². The SMILES string of the molecule is NS(=O)(=O)c1ccc(C(=O)Nc2ccc(-c3ccc(N4CCCCCC4)nn3)cc2)cc1. The summed E-state index contributed by atoms with van der Waals surface area (Å²) in [4.78, 5) is 14.7. The van der Waals surface area contributed by atoms with E-state index in [1.807, 2.05) is 24.3 Å². The summed E-state index contributed by atoms with van der Waals surface area (Å²) in [6.45, 7) is 2.04. The first kappa shape index (κ1) is 21.9. The van der Waals surface area contributed by atoms with E-state index in [1.165, 1.54) is 49.9 Å². The second-order valence-corrected chi connectivity index (χ2v) is 9.34. The molecule has 0 radical (unpaired) electrons. The summed E-state index contributed by atoms with van der Waals surface area (Å²) < 4.78 is 22.7. The van der Waals surface area contributed by atoms with Gasteiger partial charge in [-0.15, -0.1) is 10.2 Å². The average molecular weight is 452 g/mol. The van der Waals surface area contributed by atoms with Gasteiger partial charge in [0.15, 0.2) is 5.82 Å². The van der Waals surface area contributed by atoms with Crippen LogP contribution in [0.2, 0.25) is 0 Å². The zero-order valence-corrected chi connectivity index (χ0v) is 18.4. The highest BCUT2D eigenvalue weighted by atomic mass is 32.2. The van der Waals surface area contributed by atoms with Crippen molar-refractivity contribution in [2.45, 2.75) is 30.6 Å². The Bertz CT molecular complexity index is 1170. The third-order valence-electron chi connectivity index (χ3n) is 5.46. The zero-order chi connectivity index (χ0) is 22.6. The number of amides is 1. The molecule has 8 nitrogen and oxygen atoms in total. The molecular formula is C23H25N5O3S. The number of primary sulfonamides is 1. The van der Waals surface area contributed by atoms with E-state index < -0.39 is 10.0 Å². The monoisotopic (exact) mass is 451 g/mol. The van der Waals surface area contributed by atoms with Gasteiger partial charge in [-0.25, -0.2) is 13.6 Å². The Morgan fingerprint density at radius 2 is 1.50 bits per heavy atom. The molecule has 166 valence electrons. The standard InChI is InChI=1S/C23H25N5O3S/c24-32(30,31)20-11-7-18(8-12-20)23(29)25-19-9-5-17(6-10-19)21-13-14-22(27-26-21)28-15-3-1-2-4-16-28/h5-14H,1-4,15-16H2,(H,25,29)(H2,24,30,31). The van der Waals surface area contributed by atoms with Gasteiger partial charge in [0.05, 0.1) is 10.6 Å². The number of aromatic nitrogens is 2. The Morgan fingerprint density at radius 1 is 0.844 bits per heavy atom. The van der Waals surface area contributed by atoms with Crippen molar-refractivity contribution in [2.24, 2.45) is 5.14 Å². The number of rotatable bonds is 5. The summed E-state index contributed by atoms with van der Waals surface area (Å²) in [6, 6.07) is 16.7. The Kier molecular flexibility index (Phi) is 6.48. The number of sulfonamides is 1. The molecule has 3 N–H and O–H groups in total. The van der Waals surface area contributed by atoms with Crippen LogP contribution in [0.5, 0.6) is 0 Å². The number of hydrogen-bond acceptors (Lipinski definition) is 6. The molecular weight excluding hydrogens is 426 g/mol. The molecule has 0 bridgehead atoms. The van der Waals surface area contributed by atoms with Gasteiger partial charge in [-0.1, -0.05) is 25.0 Å². The molecule has 0 aliphatic carbocycles. The number of nitrogens with zero attached hydrogens (tertiary/aromatic N) is 3. The van der Waals surface area contributed by atoms with Crippen molar-refractivity contribution in [3.05, 3.63) is 66.2 Å². The van der Waals surface area contributed by atoms with E-state index in [2.05, 4.69) is 20.4 Å². The number of anilines is 2. The third kappa shape index (κ3) is 5.30. The molecule has 0 spiro atoms. The average Bonchev–Trinajstić information content (AvgIpc) is 3.09. The van der Waals surface area contributed by atoms with E-state index in [9.17, 15) is 13.2 Å². The minimum absolute atomic E-state index is 0.0404. The summed E-state index contributed by atoms with van der Waals surface area (Å²) in [5, 5.41) is 16.7. The van der Waals surface area contributed by atoms with Gasteiger partial charge in [0, 0.05) is 29.9 Å². The lowest BCUT2D eigenvalue weighted by molar-refractivity contribution is 0.102. The van der Waals surface area contributed by atoms with Gasteiger partial charge >= 0.3 is 0 Å². The lowest BCUT2D eigenvalue weighted by atomic mass is 10.1. The van der Waals surface area contributed by atoms with Crippen molar-refractivity contribution in [3.63, 3.8) is 0 Å². The summed E-state index contributed by atoms with van der Waals surface area (Å²) >= 11 is 0. The number of nitrogens with two attached hydrogens (primary N) is 1. The normalized spacial score (nSPS) is 14.6. The smallest absolute Gasteiger partial charge is 0.255 e. The predicted octanol–water partition coefficient (Wildman–Crippen LogP) is 3.42. The Labute approximate surface area is 187 Å². The van der Waals surface area contributed by atoms with Crippen molar-refractivity contribution in [3.8, 4) is 11.3 Å². The molecule has 0 unspecified atom stereocenters. The molecule has 32 heavy (non-hydrogen) atoms. The maximum Gasteiger partial charge on any atom is 0.255 e. The van der Waals surface area contributed by atoms with Gasteiger partial charge in [-0.05, 0) is 61.4 Å². The molecule has 0 atom stereocenters. The summed E-state index contributed by atoms with van der Waals surface area (Å²) in [6.07, 6.45) is 4.91. The molecule has 1 fully saturated rings. The molecule has 1 saturated heterocycles. The van der Waals surface area contributed by atoms with Gasteiger partial charge in [0.2, 0.25) is 10.0 Å². The molecule has 9 heteroatoms. The second-order valence-electron chi connectivity index (χ2n) is 7.78. The largest absolute Gasteiger partial charge is 0.355 e. The minimum atomic E-state index is -3.79. The highest BCUT2D eigenvalue weighted by Crippen LogP contribution is 2.22. The summed E-state index contributed by atoms with van der Waals surface area (Å²) in [5.41, 5.74) is 2.61. The van der Waals surface area contributed by atoms with Crippen LogP contribution in [0.4, 0.5) is 11.5 Å². The first-order valence-electron chi connectivity index (χ1n) is 10.5. The van der Waals surface area contributed by atoms with Gasteiger partial charge < -0.3 is 10.2 Å². The molecule has 1 amide bonds. The quantitative estimate of drug-likeness (QED) is 0.614. The topological polar surface area (TPSA) is 118 Å². The predicted molar refractivity (Wildman–Crippen MR) is 124 cm³/mol. The zero-order valence-electron chi connectivity index (χ0n) is 17.6. The fourth-order valence-electron chi connectivity index (χ4n) is 3.67. The van der Waals surface area contributed by atoms with Crippen molar-refractivity contribution in [1.82, 2.24) is 10.2 Å². The fraction of sp³-hybridized carbons (Fsp3) is 0.261. The number of benzene rings is 2. The molecule has 1 aliphatic rings. The molecule has 4 rings (SSSR count). The van der Waals surface area contributed by atoms with Crippen molar-refractivity contribution in [1.29, 1.82) is 0 Å². The van der Waals surface area contributed by atoms with Crippen LogP contribution in [0.1, 0.15) is 36.0 Å². The van der Waals surface area contributed by atoms with Gasteiger partial charge in [-0.3, -0.25) is 4.79 Å². The Morgan fingerprint density at radius 3 is 2.06 bits per heavy atom. The minimum Gasteiger partial charge on any atom is -0.355 e. The van der Waals surface area contributed by atoms with Crippen LogP contribution in [-0.4, -0.2) is 37.6 Å². The van der Waals surface area contributed by atoms with Crippen molar-refractivity contribution < 1.29 is 13.2 Å². The van der Waals surface area contributed by atoms with E-state index in [4.69, 9.17) is 5.14 Å². The molecule has 2 aromatic carbocycles. The second kappa shape index (κ2) is 9.46. The first-order valence-corrected chi connectivity index (χ1v) is 12.1. The van der Waals surface area contributed by atoms with Crippen LogP contribution in [0, 0.1) is 0 Å². The van der Waals surface area contributed by atoms with Crippen LogP contribution >= 0.6 is 0 Å². The van der Waals surface area contributed by atoms with Crippen molar-refractivity contribution >= 4 is 27.4 Å². The van der Waals surface area contributed by atoms with Gasteiger partial charge in [0.1, 0.15) is 0 Å². The van der Waals surface area contributed by atoms with E-state index >= 15 is 0 Å². The number of carbonyl (C=O) groups excluding carboxylic acids is 1. The first-order chi connectivity index (χ1) is 15.4. The van der Waals surface area contributed by atoms with E-state index in [1.54, 1.807) is 12.1 Å². The maximum absolute atomic E-state index is 12.4. The van der Waals surface area contributed by atoms with Gasteiger partial charge in [0.25, 0.3) is 5.91 Å². The van der Waals surface area contributed by atoms with Crippen LogP contribution in [0.25, 0.3) is 11.3 Å². The van der Waals surface area contributed by atoms with Gasteiger partial charge in [-0.2, -0.15) is 0 Å². The number of nitrogens with one attached hydrogen (secondary N) is 1. The molecule has 0 saturated carbocycles. The molecule has 1 aromatic heterocycles. The number of carbonyl (C=O) groups is 1.